The van der Waals surface area contributed by atoms with E-state index in [1.165, 1.54) is 6.26 Å². The van der Waals surface area contributed by atoms with Crippen molar-refractivity contribution < 1.29 is 19.1 Å². The Morgan fingerprint density at radius 1 is 1.00 bits per heavy atom. The highest BCUT2D eigenvalue weighted by atomic mass is 16.5. The number of hydrogen-bond donors (Lipinski definition) is 1. The van der Waals surface area contributed by atoms with Crippen LogP contribution in [0.4, 0.5) is 0 Å². The van der Waals surface area contributed by atoms with Gasteiger partial charge < -0.3 is 14.3 Å². The molecule has 3 aromatic carbocycles. The molecule has 4 nitrogen and oxygen atoms in total. The van der Waals surface area contributed by atoms with Crippen molar-refractivity contribution in [2.75, 3.05) is 7.11 Å². The van der Waals surface area contributed by atoms with Crippen molar-refractivity contribution in [3.8, 4) is 11.5 Å². The largest absolute Gasteiger partial charge is 0.507 e. The molecule has 0 atom stereocenters. The topological polar surface area (TPSA) is 59.7 Å². The van der Waals surface area contributed by atoms with E-state index in [2.05, 4.69) is 0 Å². The summed E-state index contributed by atoms with van der Waals surface area (Å²) in [6, 6.07) is 15.9. The maximum absolute atomic E-state index is 12.8. The van der Waals surface area contributed by atoms with E-state index >= 15 is 0 Å². The molecule has 24 heavy (non-hydrogen) atoms. The minimum Gasteiger partial charge on any atom is -0.507 e. The van der Waals surface area contributed by atoms with E-state index in [1.807, 2.05) is 24.3 Å². The predicted molar refractivity (Wildman–Crippen MR) is 91.8 cm³/mol. The second kappa shape index (κ2) is 5.42. The zero-order valence-corrected chi connectivity index (χ0v) is 12.9. The maximum atomic E-state index is 12.8. The lowest BCUT2D eigenvalue weighted by atomic mass is 10.00. The fraction of sp³-hybridized carbons (Fsp3) is 0.0500. The van der Waals surface area contributed by atoms with Crippen LogP contribution in [-0.2, 0) is 0 Å². The second-order valence-electron chi connectivity index (χ2n) is 5.52. The van der Waals surface area contributed by atoms with Crippen LogP contribution in [0.25, 0.3) is 21.7 Å². The molecule has 0 amide bonds. The number of hydrogen-bond acceptors (Lipinski definition) is 4. The molecule has 4 heteroatoms. The molecule has 4 rings (SSSR count). The van der Waals surface area contributed by atoms with Crippen LogP contribution < -0.4 is 4.74 Å². The molecule has 1 N–H and O–H groups in total. The van der Waals surface area contributed by atoms with Crippen LogP contribution >= 0.6 is 0 Å². The van der Waals surface area contributed by atoms with Gasteiger partial charge in [-0.25, -0.2) is 0 Å². The SMILES string of the molecule is COc1ccc(C(=O)c2coc3c2cc(O)c2ccccc23)cc1. The number of ether oxygens (including phenoxy) is 1. The van der Waals surface area contributed by atoms with E-state index in [-0.39, 0.29) is 11.5 Å². The van der Waals surface area contributed by atoms with Crippen molar-refractivity contribution in [2.45, 2.75) is 0 Å². The quantitative estimate of drug-likeness (QED) is 0.564. The minimum atomic E-state index is -0.161. The first-order chi connectivity index (χ1) is 11.7. The van der Waals surface area contributed by atoms with Crippen LogP contribution in [0.1, 0.15) is 15.9 Å². The van der Waals surface area contributed by atoms with Gasteiger partial charge in [-0.15, -0.1) is 0 Å². The number of carbonyl (C=O) groups is 1. The van der Waals surface area contributed by atoms with Gasteiger partial charge in [0.25, 0.3) is 0 Å². The van der Waals surface area contributed by atoms with Crippen LogP contribution in [0, 0.1) is 0 Å². The van der Waals surface area contributed by atoms with Gasteiger partial charge in [-0.1, -0.05) is 24.3 Å². The molecular formula is C20H14O4. The van der Waals surface area contributed by atoms with Gasteiger partial charge in [0.2, 0.25) is 0 Å². The number of furan rings is 1. The smallest absolute Gasteiger partial charge is 0.196 e. The normalized spacial score (nSPS) is 11.0. The standard InChI is InChI=1S/C20H14O4/c1-23-13-8-6-12(7-9-13)19(22)17-11-24-20-15-5-3-2-4-14(15)18(21)10-16(17)20/h2-11,21H,1H3. The highest BCUT2D eigenvalue weighted by Crippen LogP contribution is 2.36. The van der Waals surface area contributed by atoms with Crippen LogP contribution in [0.2, 0.25) is 0 Å². The van der Waals surface area contributed by atoms with Gasteiger partial charge in [0.1, 0.15) is 23.3 Å². The van der Waals surface area contributed by atoms with Gasteiger partial charge >= 0.3 is 0 Å². The number of benzene rings is 3. The first kappa shape index (κ1) is 14.3. The van der Waals surface area contributed by atoms with Crippen LogP contribution in [0.15, 0.2) is 65.3 Å². The molecule has 0 bridgehead atoms. The highest BCUT2D eigenvalue weighted by molar-refractivity contribution is 6.20. The number of phenolic OH excluding ortho intramolecular Hbond substituents is 1. The zero-order valence-electron chi connectivity index (χ0n) is 12.9. The van der Waals surface area contributed by atoms with Gasteiger partial charge in [-0.2, -0.15) is 0 Å². The molecule has 0 aliphatic carbocycles. The molecular weight excluding hydrogens is 304 g/mol. The lowest BCUT2D eigenvalue weighted by Gasteiger charge is -2.04. The van der Waals surface area contributed by atoms with E-state index in [0.717, 1.165) is 5.39 Å². The molecule has 0 unspecified atom stereocenters. The van der Waals surface area contributed by atoms with Gasteiger partial charge in [0.05, 0.1) is 12.7 Å². The van der Waals surface area contributed by atoms with E-state index in [9.17, 15) is 9.90 Å². The second-order valence-corrected chi connectivity index (χ2v) is 5.52. The predicted octanol–water partition coefficient (Wildman–Crippen LogP) is 4.53. The molecule has 0 saturated carbocycles. The Balaban J connectivity index is 1.89. The van der Waals surface area contributed by atoms with Gasteiger partial charge in [-0.3, -0.25) is 4.79 Å². The Morgan fingerprint density at radius 2 is 1.71 bits per heavy atom. The Kier molecular flexibility index (Phi) is 3.24. The summed E-state index contributed by atoms with van der Waals surface area (Å²) in [4.78, 5) is 12.8. The Hall–Kier alpha value is -3.27. The molecule has 118 valence electrons. The van der Waals surface area contributed by atoms with Crippen LogP contribution in [0.5, 0.6) is 11.5 Å². The number of rotatable bonds is 3. The molecule has 0 aliphatic rings. The number of fused-ring (bicyclic) bond motifs is 3. The van der Waals surface area contributed by atoms with Gasteiger partial charge in [-0.05, 0) is 30.3 Å². The molecule has 0 aliphatic heterocycles. The third-order valence-corrected chi connectivity index (χ3v) is 4.15. The highest BCUT2D eigenvalue weighted by Gasteiger charge is 2.18. The average Bonchev–Trinajstić information content (AvgIpc) is 3.05. The number of methoxy groups -OCH3 is 1. The van der Waals surface area contributed by atoms with Crippen molar-refractivity contribution in [1.82, 2.24) is 0 Å². The molecule has 1 heterocycles. The third-order valence-electron chi connectivity index (χ3n) is 4.15. The van der Waals surface area contributed by atoms with Crippen molar-refractivity contribution in [1.29, 1.82) is 0 Å². The summed E-state index contributed by atoms with van der Waals surface area (Å²) in [7, 11) is 1.58. The molecule has 0 fully saturated rings. The third kappa shape index (κ3) is 2.12. The van der Waals surface area contributed by atoms with E-state index < -0.39 is 0 Å². The van der Waals surface area contributed by atoms with Crippen LogP contribution in [-0.4, -0.2) is 18.0 Å². The summed E-state index contributed by atoms with van der Waals surface area (Å²) in [5.74, 6) is 0.654. The summed E-state index contributed by atoms with van der Waals surface area (Å²) < 4.78 is 10.8. The number of aromatic hydroxyl groups is 1. The van der Waals surface area contributed by atoms with Gasteiger partial charge in [0, 0.05) is 21.7 Å². The van der Waals surface area contributed by atoms with Crippen LogP contribution in [0.3, 0.4) is 0 Å². The Labute approximate surface area is 137 Å². The zero-order chi connectivity index (χ0) is 16.7. The van der Waals surface area contributed by atoms with E-state index in [0.29, 0.717) is 33.2 Å². The summed E-state index contributed by atoms with van der Waals surface area (Å²) in [6.07, 6.45) is 1.45. The van der Waals surface area contributed by atoms with E-state index in [4.69, 9.17) is 9.15 Å². The Morgan fingerprint density at radius 3 is 2.42 bits per heavy atom. The van der Waals surface area contributed by atoms with Crippen molar-refractivity contribution in [2.24, 2.45) is 0 Å². The monoisotopic (exact) mass is 318 g/mol. The summed E-state index contributed by atoms with van der Waals surface area (Å²) in [5, 5.41) is 12.3. The number of ketones is 1. The fourth-order valence-electron chi connectivity index (χ4n) is 2.91. The number of carbonyl (C=O) groups excluding carboxylic acids is 1. The first-order valence-electron chi connectivity index (χ1n) is 7.49. The fourth-order valence-corrected chi connectivity index (χ4v) is 2.91. The molecule has 1 aromatic heterocycles. The van der Waals surface area contributed by atoms with Crippen molar-refractivity contribution >= 4 is 27.5 Å². The molecule has 0 spiro atoms. The molecule has 0 radical (unpaired) electrons. The Bertz CT molecular complexity index is 1060. The molecule has 0 saturated heterocycles. The maximum Gasteiger partial charge on any atom is 0.196 e. The van der Waals surface area contributed by atoms with Crippen molar-refractivity contribution in [3.05, 3.63) is 72.0 Å². The van der Waals surface area contributed by atoms with E-state index in [1.54, 1.807) is 37.4 Å². The summed E-state index contributed by atoms with van der Waals surface area (Å²) in [6.45, 7) is 0. The van der Waals surface area contributed by atoms with Crippen molar-refractivity contribution in [3.63, 3.8) is 0 Å². The number of phenols is 1. The van der Waals surface area contributed by atoms with Gasteiger partial charge in [0.15, 0.2) is 5.78 Å². The summed E-state index contributed by atoms with van der Waals surface area (Å²) in [5.41, 5.74) is 1.56. The lowest BCUT2D eigenvalue weighted by molar-refractivity contribution is 0.103. The average molecular weight is 318 g/mol. The minimum absolute atomic E-state index is 0.128. The summed E-state index contributed by atoms with van der Waals surface area (Å²) >= 11 is 0. The molecule has 4 aromatic rings. The lowest BCUT2D eigenvalue weighted by Crippen LogP contribution is -2.00. The first-order valence-corrected chi connectivity index (χ1v) is 7.49.